The predicted molar refractivity (Wildman–Crippen MR) is 132 cm³/mol. The summed E-state index contributed by atoms with van der Waals surface area (Å²) in [5, 5.41) is 14.0. The number of benzene rings is 1. The molecule has 0 unspecified atom stereocenters. The molecule has 182 valence electrons. The predicted octanol–water partition coefficient (Wildman–Crippen LogP) is 4.19. The van der Waals surface area contributed by atoms with Gasteiger partial charge in [-0.15, -0.1) is 0 Å². The molecule has 10 nitrogen and oxygen atoms in total. The Morgan fingerprint density at radius 3 is 2.77 bits per heavy atom. The van der Waals surface area contributed by atoms with Crippen LogP contribution in [-0.4, -0.2) is 66.1 Å². The highest BCUT2D eigenvalue weighted by molar-refractivity contribution is 5.90. The Labute approximate surface area is 203 Å². The van der Waals surface area contributed by atoms with Crippen LogP contribution < -0.4 is 10.6 Å². The third-order valence-corrected chi connectivity index (χ3v) is 5.90. The molecule has 0 radical (unpaired) electrons. The second-order valence-electron chi connectivity index (χ2n) is 8.39. The van der Waals surface area contributed by atoms with Crippen molar-refractivity contribution in [2.75, 3.05) is 44.5 Å². The van der Waals surface area contributed by atoms with E-state index in [2.05, 4.69) is 30.6 Å². The molecule has 3 amide bonds. The van der Waals surface area contributed by atoms with E-state index in [-0.39, 0.29) is 6.03 Å². The lowest BCUT2D eigenvalue weighted by molar-refractivity contribution is 0.154. The number of urea groups is 1. The van der Waals surface area contributed by atoms with Gasteiger partial charge in [0.2, 0.25) is 0 Å². The zero-order valence-electron chi connectivity index (χ0n) is 19.9. The summed E-state index contributed by atoms with van der Waals surface area (Å²) in [6.07, 6.45) is 3.58. The summed E-state index contributed by atoms with van der Waals surface area (Å²) < 4.78 is 9.85. The van der Waals surface area contributed by atoms with Crippen LogP contribution in [0.5, 0.6) is 0 Å². The molecule has 1 saturated heterocycles. The van der Waals surface area contributed by atoms with Crippen molar-refractivity contribution in [2.24, 2.45) is 5.92 Å². The molecule has 3 aromatic rings. The summed E-state index contributed by atoms with van der Waals surface area (Å²) >= 11 is 0. The summed E-state index contributed by atoms with van der Waals surface area (Å²) in [6, 6.07) is 11.1. The van der Waals surface area contributed by atoms with E-state index in [9.17, 15) is 9.59 Å². The van der Waals surface area contributed by atoms with Crippen LogP contribution in [0.1, 0.15) is 12.0 Å². The van der Waals surface area contributed by atoms with Gasteiger partial charge in [-0.3, -0.25) is 5.32 Å². The van der Waals surface area contributed by atoms with Gasteiger partial charge in [0.15, 0.2) is 0 Å². The molecular weight excluding hydrogens is 448 g/mol. The number of nitrogens with one attached hydrogen (secondary N) is 2. The highest BCUT2D eigenvalue weighted by Crippen LogP contribution is 2.29. The highest BCUT2D eigenvalue weighted by Gasteiger charge is 2.26. The second-order valence-corrected chi connectivity index (χ2v) is 8.39. The summed E-state index contributed by atoms with van der Waals surface area (Å²) in [5.41, 5.74) is 4.82. The monoisotopic (exact) mass is 476 g/mol. The summed E-state index contributed by atoms with van der Waals surface area (Å²) in [4.78, 5) is 30.2. The van der Waals surface area contributed by atoms with E-state index in [4.69, 9.17) is 4.74 Å². The third-order valence-electron chi connectivity index (χ3n) is 5.90. The van der Waals surface area contributed by atoms with Gasteiger partial charge in [0, 0.05) is 49.1 Å². The zero-order chi connectivity index (χ0) is 24.8. The minimum Gasteiger partial charge on any atom is -0.453 e. The Morgan fingerprint density at radius 2 is 1.97 bits per heavy atom. The fourth-order valence-corrected chi connectivity index (χ4v) is 4.06. The number of hydrogen-bond donors (Lipinski definition) is 2. The summed E-state index contributed by atoms with van der Waals surface area (Å²) in [7, 11) is 2.97. The Morgan fingerprint density at radius 1 is 1.11 bits per heavy atom. The average Bonchev–Trinajstić information content (AvgIpc) is 3.34. The van der Waals surface area contributed by atoms with Crippen molar-refractivity contribution in [3.05, 3.63) is 54.4 Å². The molecule has 0 aliphatic carbocycles. The smallest absolute Gasteiger partial charge is 0.412 e. The van der Waals surface area contributed by atoms with Gasteiger partial charge in [-0.1, -0.05) is 6.07 Å². The van der Waals surface area contributed by atoms with Crippen molar-refractivity contribution >= 4 is 23.6 Å². The number of carbonyl (C=O) groups excluding carboxylic acids is 2. The minimum absolute atomic E-state index is 0.124. The number of rotatable bonds is 6. The SMILES string of the molecule is COC[C@H]1CCN(C(=O)Nc2ccc(C)c(-c3cc(-c4ccnc(NC(=O)OC)c4)cnn3)c2)C1. The summed E-state index contributed by atoms with van der Waals surface area (Å²) in [6.45, 7) is 4.04. The van der Waals surface area contributed by atoms with Crippen LogP contribution in [0, 0.1) is 12.8 Å². The maximum atomic E-state index is 12.8. The molecule has 1 aliphatic heterocycles. The maximum Gasteiger partial charge on any atom is 0.412 e. The molecular formula is C25H28N6O4. The lowest BCUT2D eigenvalue weighted by Gasteiger charge is -2.18. The van der Waals surface area contributed by atoms with Gasteiger partial charge in [0.25, 0.3) is 0 Å². The fraction of sp³-hybridized carbons (Fsp3) is 0.320. The molecule has 2 aromatic heterocycles. The van der Waals surface area contributed by atoms with E-state index in [1.54, 1.807) is 25.6 Å². The third kappa shape index (κ3) is 5.90. The first-order chi connectivity index (χ1) is 17.0. The van der Waals surface area contributed by atoms with E-state index in [0.29, 0.717) is 42.8 Å². The standard InChI is InChI=1S/C25H28N6O4/c1-16-4-5-20(28-24(32)31-9-7-17(14-31)15-34-2)12-21(16)22-10-19(13-27-30-22)18-6-8-26-23(11-18)29-25(33)35-3/h4-6,8,10-13,17H,7,9,14-15H2,1-3H3,(H,28,32)(H,26,29,33)/t17-/m0/s1. The molecule has 35 heavy (non-hydrogen) atoms. The molecule has 2 N–H and O–H groups in total. The number of methoxy groups -OCH3 is 2. The number of ether oxygens (including phenoxy) is 2. The van der Waals surface area contributed by atoms with Crippen molar-refractivity contribution in [1.82, 2.24) is 20.1 Å². The van der Waals surface area contributed by atoms with Crippen molar-refractivity contribution in [2.45, 2.75) is 13.3 Å². The number of aromatic nitrogens is 3. The van der Waals surface area contributed by atoms with E-state index in [0.717, 1.165) is 28.7 Å². The van der Waals surface area contributed by atoms with E-state index in [1.807, 2.05) is 42.2 Å². The van der Waals surface area contributed by atoms with Gasteiger partial charge >= 0.3 is 12.1 Å². The van der Waals surface area contributed by atoms with Gasteiger partial charge in [0.1, 0.15) is 5.82 Å². The Hall–Kier alpha value is -4.05. The molecule has 1 fully saturated rings. The molecule has 0 saturated carbocycles. The van der Waals surface area contributed by atoms with Gasteiger partial charge in [-0.05, 0) is 54.8 Å². The van der Waals surface area contributed by atoms with E-state index < -0.39 is 6.09 Å². The number of likely N-dealkylation sites (tertiary alicyclic amines) is 1. The lowest BCUT2D eigenvalue weighted by Crippen LogP contribution is -2.33. The molecule has 10 heteroatoms. The van der Waals surface area contributed by atoms with Crippen LogP contribution in [0.3, 0.4) is 0 Å². The number of hydrogen-bond acceptors (Lipinski definition) is 7. The van der Waals surface area contributed by atoms with E-state index >= 15 is 0 Å². The van der Waals surface area contributed by atoms with Crippen LogP contribution in [0.25, 0.3) is 22.4 Å². The molecule has 1 atom stereocenters. The number of aryl methyl sites for hydroxylation is 1. The quantitative estimate of drug-likeness (QED) is 0.547. The first-order valence-electron chi connectivity index (χ1n) is 11.3. The largest absolute Gasteiger partial charge is 0.453 e. The topological polar surface area (TPSA) is 119 Å². The van der Waals surface area contributed by atoms with Crippen molar-refractivity contribution in [3.63, 3.8) is 0 Å². The molecule has 4 rings (SSSR count). The first kappa shape index (κ1) is 24.1. The van der Waals surface area contributed by atoms with Crippen LogP contribution in [0.4, 0.5) is 21.1 Å². The highest BCUT2D eigenvalue weighted by atomic mass is 16.5. The number of anilines is 2. The Kier molecular flexibility index (Phi) is 7.51. The van der Waals surface area contributed by atoms with Crippen LogP contribution >= 0.6 is 0 Å². The zero-order valence-corrected chi connectivity index (χ0v) is 19.9. The van der Waals surface area contributed by atoms with Crippen molar-refractivity contribution in [3.8, 4) is 22.4 Å². The molecule has 1 aromatic carbocycles. The average molecular weight is 477 g/mol. The number of amides is 3. The molecule has 0 bridgehead atoms. The van der Waals surface area contributed by atoms with E-state index in [1.165, 1.54) is 7.11 Å². The first-order valence-corrected chi connectivity index (χ1v) is 11.3. The van der Waals surface area contributed by atoms with Crippen molar-refractivity contribution in [1.29, 1.82) is 0 Å². The second kappa shape index (κ2) is 10.9. The number of carbonyl (C=O) groups is 2. The van der Waals surface area contributed by atoms with Crippen LogP contribution in [0.15, 0.2) is 48.8 Å². The van der Waals surface area contributed by atoms with Crippen LogP contribution in [-0.2, 0) is 9.47 Å². The number of pyridine rings is 1. The lowest BCUT2D eigenvalue weighted by atomic mass is 10.0. The van der Waals surface area contributed by atoms with Gasteiger partial charge in [-0.2, -0.15) is 10.2 Å². The van der Waals surface area contributed by atoms with Crippen LogP contribution in [0.2, 0.25) is 0 Å². The van der Waals surface area contributed by atoms with Gasteiger partial charge in [0.05, 0.1) is 25.6 Å². The maximum absolute atomic E-state index is 12.8. The molecule has 0 spiro atoms. The Bertz CT molecular complexity index is 1220. The summed E-state index contributed by atoms with van der Waals surface area (Å²) in [5.74, 6) is 0.733. The molecule has 1 aliphatic rings. The fourth-order valence-electron chi connectivity index (χ4n) is 4.06. The molecule has 3 heterocycles. The van der Waals surface area contributed by atoms with Gasteiger partial charge in [-0.25, -0.2) is 14.6 Å². The number of nitrogens with zero attached hydrogens (tertiary/aromatic N) is 4. The Balaban J connectivity index is 1.54. The normalized spacial score (nSPS) is 15.1. The minimum atomic E-state index is -0.596. The van der Waals surface area contributed by atoms with Crippen molar-refractivity contribution < 1.29 is 19.1 Å². The van der Waals surface area contributed by atoms with Gasteiger partial charge < -0.3 is 19.7 Å².